The molecule has 0 atom stereocenters. The minimum Gasteiger partial charge on any atom is -0.492 e. The second-order valence-corrected chi connectivity index (χ2v) is 9.17. The number of benzene rings is 2. The number of amides is 1. The Morgan fingerprint density at radius 1 is 1.17 bits per heavy atom. The van der Waals surface area contributed by atoms with Crippen LogP contribution in [0, 0.1) is 6.92 Å². The van der Waals surface area contributed by atoms with E-state index in [1.165, 1.54) is 24.0 Å². The molecule has 1 aliphatic rings. The van der Waals surface area contributed by atoms with E-state index < -0.39 is 0 Å². The summed E-state index contributed by atoms with van der Waals surface area (Å²) in [6, 6.07) is 14.0. The lowest BCUT2D eigenvalue weighted by Crippen LogP contribution is -2.28. The fourth-order valence-electron chi connectivity index (χ4n) is 3.41. The average Bonchev–Trinajstić information content (AvgIpc) is 3.38. The molecule has 4 nitrogen and oxygen atoms in total. The van der Waals surface area contributed by atoms with Gasteiger partial charge in [0.15, 0.2) is 0 Å². The highest BCUT2D eigenvalue weighted by Gasteiger charge is 2.11. The highest BCUT2D eigenvalue weighted by Crippen LogP contribution is 2.26. The van der Waals surface area contributed by atoms with Crippen LogP contribution in [0.5, 0.6) is 5.75 Å². The number of ether oxygens (including phenoxy) is 1. The van der Waals surface area contributed by atoms with Crippen LogP contribution in [0.3, 0.4) is 0 Å². The molecular weight excluding hydrogens is 400 g/mol. The Morgan fingerprint density at radius 2 is 2.00 bits per heavy atom. The number of hydrogen-bond donors (Lipinski definition) is 1. The number of fused-ring (bicyclic) bond motifs is 1. The molecule has 0 spiro atoms. The molecule has 0 fully saturated rings. The molecule has 29 heavy (non-hydrogen) atoms. The SMILES string of the molecule is Cc1nc(CSc2ccc(C(=O)NCCOc3ccc4c(c3)CCC4)cc2)cs1. The molecule has 2 aromatic carbocycles. The van der Waals surface area contributed by atoms with Gasteiger partial charge >= 0.3 is 0 Å². The van der Waals surface area contributed by atoms with E-state index in [2.05, 4.69) is 27.8 Å². The smallest absolute Gasteiger partial charge is 0.251 e. The molecule has 0 radical (unpaired) electrons. The number of carbonyl (C=O) groups is 1. The Morgan fingerprint density at radius 3 is 2.79 bits per heavy atom. The molecule has 1 amide bonds. The first-order valence-electron chi connectivity index (χ1n) is 9.84. The van der Waals surface area contributed by atoms with Gasteiger partial charge in [-0.2, -0.15) is 0 Å². The van der Waals surface area contributed by atoms with Gasteiger partial charge in [-0.25, -0.2) is 4.98 Å². The van der Waals surface area contributed by atoms with E-state index in [9.17, 15) is 4.79 Å². The lowest BCUT2D eigenvalue weighted by molar-refractivity contribution is 0.0947. The number of aromatic nitrogens is 1. The Labute approximate surface area is 179 Å². The van der Waals surface area contributed by atoms with Gasteiger partial charge in [-0.05, 0) is 73.7 Å². The Kier molecular flexibility index (Phi) is 6.52. The van der Waals surface area contributed by atoms with Gasteiger partial charge < -0.3 is 10.1 Å². The summed E-state index contributed by atoms with van der Waals surface area (Å²) < 4.78 is 5.79. The van der Waals surface area contributed by atoms with Crippen molar-refractivity contribution in [3.63, 3.8) is 0 Å². The lowest BCUT2D eigenvalue weighted by Gasteiger charge is -2.09. The third-order valence-corrected chi connectivity index (χ3v) is 6.76. The first-order valence-corrected chi connectivity index (χ1v) is 11.7. The number of rotatable bonds is 8. The predicted octanol–water partition coefficient (Wildman–Crippen LogP) is 5.04. The second kappa shape index (κ2) is 9.46. The van der Waals surface area contributed by atoms with Gasteiger partial charge in [-0.15, -0.1) is 23.1 Å². The van der Waals surface area contributed by atoms with E-state index in [4.69, 9.17) is 4.74 Å². The van der Waals surface area contributed by atoms with Crippen LogP contribution in [0.2, 0.25) is 0 Å². The molecule has 0 unspecified atom stereocenters. The fraction of sp³-hybridized carbons (Fsp3) is 0.304. The minimum absolute atomic E-state index is 0.0748. The molecule has 150 valence electrons. The highest BCUT2D eigenvalue weighted by atomic mass is 32.2. The summed E-state index contributed by atoms with van der Waals surface area (Å²) >= 11 is 3.40. The number of hydrogen-bond acceptors (Lipinski definition) is 5. The summed E-state index contributed by atoms with van der Waals surface area (Å²) in [5, 5.41) is 6.11. The molecule has 0 bridgehead atoms. The zero-order valence-corrected chi connectivity index (χ0v) is 18.1. The number of carbonyl (C=O) groups excluding carboxylic acids is 1. The van der Waals surface area contributed by atoms with Crippen LogP contribution in [0.15, 0.2) is 52.7 Å². The van der Waals surface area contributed by atoms with Crippen LogP contribution in [0.1, 0.15) is 38.6 Å². The quantitative estimate of drug-likeness (QED) is 0.406. The molecule has 3 aromatic rings. The van der Waals surface area contributed by atoms with Crippen LogP contribution in [0.25, 0.3) is 0 Å². The van der Waals surface area contributed by atoms with Gasteiger partial charge in [0.05, 0.1) is 17.2 Å². The van der Waals surface area contributed by atoms with E-state index in [0.717, 1.165) is 33.5 Å². The average molecular weight is 425 g/mol. The molecule has 1 aliphatic carbocycles. The molecule has 0 saturated heterocycles. The largest absolute Gasteiger partial charge is 0.492 e. The summed E-state index contributed by atoms with van der Waals surface area (Å²) in [4.78, 5) is 17.9. The second-order valence-electron chi connectivity index (χ2n) is 7.06. The molecule has 4 rings (SSSR count). The maximum Gasteiger partial charge on any atom is 0.251 e. The predicted molar refractivity (Wildman–Crippen MR) is 119 cm³/mol. The van der Waals surface area contributed by atoms with Crippen molar-refractivity contribution in [2.75, 3.05) is 13.2 Å². The van der Waals surface area contributed by atoms with Crippen LogP contribution in [-0.4, -0.2) is 24.0 Å². The third kappa shape index (κ3) is 5.40. The number of nitrogens with zero attached hydrogens (tertiary/aromatic N) is 1. The molecule has 0 aliphatic heterocycles. The van der Waals surface area contributed by atoms with Crippen molar-refractivity contribution in [3.8, 4) is 5.75 Å². The summed E-state index contributed by atoms with van der Waals surface area (Å²) in [5.41, 5.74) is 4.60. The Bertz CT molecular complexity index is 983. The van der Waals surface area contributed by atoms with Crippen LogP contribution < -0.4 is 10.1 Å². The Balaban J connectivity index is 1.20. The van der Waals surface area contributed by atoms with Crippen molar-refractivity contribution in [2.45, 2.75) is 36.8 Å². The fourth-order valence-corrected chi connectivity index (χ4v) is 4.92. The highest BCUT2D eigenvalue weighted by molar-refractivity contribution is 7.98. The first-order chi connectivity index (χ1) is 14.2. The number of nitrogens with one attached hydrogen (secondary N) is 1. The van der Waals surface area contributed by atoms with Crippen molar-refractivity contribution in [1.29, 1.82) is 0 Å². The van der Waals surface area contributed by atoms with Crippen LogP contribution >= 0.6 is 23.1 Å². The zero-order chi connectivity index (χ0) is 20.1. The molecule has 1 aromatic heterocycles. The van der Waals surface area contributed by atoms with Gasteiger partial charge in [0.25, 0.3) is 5.91 Å². The van der Waals surface area contributed by atoms with Crippen molar-refractivity contribution in [3.05, 3.63) is 75.2 Å². The maximum atomic E-state index is 12.3. The molecule has 6 heteroatoms. The van der Waals surface area contributed by atoms with Gasteiger partial charge in [0.1, 0.15) is 12.4 Å². The van der Waals surface area contributed by atoms with Gasteiger partial charge in [0, 0.05) is 21.6 Å². The van der Waals surface area contributed by atoms with E-state index in [-0.39, 0.29) is 5.91 Å². The topological polar surface area (TPSA) is 51.2 Å². The minimum atomic E-state index is -0.0748. The van der Waals surface area contributed by atoms with Crippen molar-refractivity contribution in [2.24, 2.45) is 0 Å². The van der Waals surface area contributed by atoms with E-state index in [1.54, 1.807) is 23.1 Å². The third-order valence-electron chi connectivity index (χ3n) is 4.90. The van der Waals surface area contributed by atoms with Crippen LogP contribution in [0.4, 0.5) is 0 Å². The standard InChI is InChI=1S/C23H24N2O2S2/c1-16-25-20(14-28-16)15-29-22-9-6-18(7-10-22)23(26)24-11-12-27-21-8-5-17-3-2-4-19(17)13-21/h5-10,13-14H,2-4,11-12,15H2,1H3,(H,24,26). The zero-order valence-electron chi connectivity index (χ0n) is 16.4. The monoisotopic (exact) mass is 424 g/mol. The number of aryl methyl sites for hydroxylation is 3. The number of thioether (sulfide) groups is 1. The van der Waals surface area contributed by atoms with Gasteiger partial charge in [0.2, 0.25) is 0 Å². The molecule has 1 heterocycles. The molecule has 0 saturated carbocycles. The summed E-state index contributed by atoms with van der Waals surface area (Å²) in [6.45, 7) is 2.96. The molecular formula is C23H24N2O2S2. The van der Waals surface area contributed by atoms with Crippen molar-refractivity contribution < 1.29 is 9.53 Å². The van der Waals surface area contributed by atoms with Gasteiger partial charge in [-0.3, -0.25) is 4.79 Å². The number of thiazole rings is 1. The molecule has 1 N–H and O–H groups in total. The van der Waals surface area contributed by atoms with E-state index >= 15 is 0 Å². The Hall–Kier alpha value is -2.31. The summed E-state index contributed by atoms with van der Waals surface area (Å²) in [7, 11) is 0. The summed E-state index contributed by atoms with van der Waals surface area (Å²) in [6.07, 6.45) is 3.55. The first kappa shape index (κ1) is 20.0. The lowest BCUT2D eigenvalue weighted by atomic mass is 10.1. The maximum absolute atomic E-state index is 12.3. The van der Waals surface area contributed by atoms with Crippen molar-refractivity contribution >= 4 is 29.0 Å². The van der Waals surface area contributed by atoms with Crippen molar-refractivity contribution in [1.82, 2.24) is 10.3 Å². The summed E-state index contributed by atoms with van der Waals surface area (Å²) in [5.74, 6) is 1.65. The van der Waals surface area contributed by atoms with Crippen LogP contribution in [-0.2, 0) is 18.6 Å². The van der Waals surface area contributed by atoms with E-state index in [0.29, 0.717) is 18.7 Å². The van der Waals surface area contributed by atoms with E-state index in [1.807, 2.05) is 37.3 Å². The van der Waals surface area contributed by atoms with Gasteiger partial charge in [-0.1, -0.05) is 6.07 Å². The normalized spacial score (nSPS) is 12.6.